The first kappa shape index (κ1) is 13.8. The maximum absolute atomic E-state index is 9.94. The number of hydrogen-bond acceptors (Lipinski definition) is 3. The van der Waals surface area contributed by atoms with E-state index in [1.54, 1.807) is 0 Å². The second kappa shape index (κ2) is 7.12. The summed E-state index contributed by atoms with van der Waals surface area (Å²) in [7, 11) is 0. The fraction of sp³-hybridized carbons (Fsp3) is 0.375. The Morgan fingerprint density at radius 2 is 1.84 bits per heavy atom. The number of rotatable bonds is 7. The highest BCUT2D eigenvalue weighted by Gasteiger charge is 2.06. The van der Waals surface area contributed by atoms with Gasteiger partial charge in [-0.25, -0.2) is 0 Å². The fourth-order valence-corrected chi connectivity index (χ4v) is 2.03. The van der Waals surface area contributed by atoms with Crippen LogP contribution < -0.4 is 5.32 Å². The van der Waals surface area contributed by atoms with Gasteiger partial charge in [0, 0.05) is 13.0 Å². The molecule has 3 nitrogen and oxygen atoms in total. The van der Waals surface area contributed by atoms with Gasteiger partial charge in [-0.1, -0.05) is 37.3 Å². The average Bonchev–Trinajstić information content (AvgIpc) is 2.88. The predicted octanol–water partition coefficient (Wildman–Crippen LogP) is 2.54. The highest BCUT2D eigenvalue weighted by Crippen LogP contribution is 2.08. The van der Waals surface area contributed by atoms with Crippen molar-refractivity contribution in [2.75, 3.05) is 6.54 Å². The minimum atomic E-state index is -0.372. The maximum atomic E-state index is 9.94. The topological polar surface area (TPSA) is 45.4 Å². The van der Waals surface area contributed by atoms with Gasteiger partial charge in [0.15, 0.2) is 0 Å². The van der Waals surface area contributed by atoms with Crippen molar-refractivity contribution in [3.63, 3.8) is 0 Å². The normalized spacial score (nSPS) is 12.5. The number of benzene rings is 1. The predicted molar refractivity (Wildman–Crippen MR) is 75.9 cm³/mol. The summed E-state index contributed by atoms with van der Waals surface area (Å²) in [5.74, 6) is 1.92. The highest BCUT2D eigenvalue weighted by molar-refractivity contribution is 5.15. The van der Waals surface area contributed by atoms with Gasteiger partial charge in [-0.05, 0) is 24.1 Å². The van der Waals surface area contributed by atoms with E-state index in [0.717, 1.165) is 23.5 Å². The number of aryl methyl sites for hydroxylation is 1. The van der Waals surface area contributed by atoms with Crippen molar-refractivity contribution in [3.8, 4) is 0 Å². The van der Waals surface area contributed by atoms with Gasteiger partial charge in [0.1, 0.15) is 11.5 Å². The van der Waals surface area contributed by atoms with Crippen molar-refractivity contribution >= 4 is 0 Å². The SMILES string of the molecule is CCc1ccc(CNCC(O)Cc2ccccc2)o1. The third-order valence-electron chi connectivity index (χ3n) is 3.06. The van der Waals surface area contributed by atoms with Crippen molar-refractivity contribution in [2.45, 2.75) is 32.4 Å². The number of aliphatic hydroxyl groups excluding tert-OH is 1. The molecule has 2 rings (SSSR count). The third-order valence-corrected chi connectivity index (χ3v) is 3.06. The Balaban J connectivity index is 1.70. The minimum absolute atomic E-state index is 0.372. The zero-order valence-corrected chi connectivity index (χ0v) is 11.3. The number of aliphatic hydroxyl groups is 1. The van der Waals surface area contributed by atoms with Crippen molar-refractivity contribution in [3.05, 3.63) is 59.5 Å². The Kier molecular flexibility index (Phi) is 5.19. The van der Waals surface area contributed by atoms with E-state index in [0.29, 0.717) is 19.5 Å². The van der Waals surface area contributed by atoms with Gasteiger partial charge < -0.3 is 14.8 Å². The van der Waals surface area contributed by atoms with E-state index in [4.69, 9.17) is 4.42 Å². The molecule has 1 aromatic carbocycles. The van der Waals surface area contributed by atoms with Gasteiger partial charge in [0.05, 0.1) is 12.6 Å². The summed E-state index contributed by atoms with van der Waals surface area (Å²) in [4.78, 5) is 0. The van der Waals surface area contributed by atoms with E-state index in [-0.39, 0.29) is 6.10 Å². The Bertz CT molecular complexity index is 479. The van der Waals surface area contributed by atoms with Crippen LogP contribution in [-0.2, 0) is 19.4 Å². The minimum Gasteiger partial charge on any atom is -0.465 e. The molecule has 2 aromatic rings. The van der Waals surface area contributed by atoms with Crippen LogP contribution in [0.15, 0.2) is 46.9 Å². The van der Waals surface area contributed by atoms with Gasteiger partial charge in [0.25, 0.3) is 0 Å². The number of nitrogens with one attached hydrogen (secondary N) is 1. The van der Waals surface area contributed by atoms with Gasteiger partial charge in [-0.15, -0.1) is 0 Å². The van der Waals surface area contributed by atoms with Crippen LogP contribution in [0.1, 0.15) is 24.0 Å². The number of hydrogen-bond donors (Lipinski definition) is 2. The van der Waals surface area contributed by atoms with E-state index in [2.05, 4.69) is 12.2 Å². The summed E-state index contributed by atoms with van der Waals surface area (Å²) < 4.78 is 5.59. The molecule has 0 aliphatic carbocycles. The molecule has 0 aliphatic rings. The Morgan fingerprint density at radius 1 is 1.11 bits per heavy atom. The summed E-state index contributed by atoms with van der Waals surface area (Å²) in [5, 5.41) is 13.2. The molecular weight excluding hydrogens is 238 g/mol. The molecule has 0 spiro atoms. The van der Waals surface area contributed by atoms with Gasteiger partial charge in [0.2, 0.25) is 0 Å². The van der Waals surface area contributed by atoms with Crippen LogP contribution >= 0.6 is 0 Å². The van der Waals surface area contributed by atoms with Gasteiger partial charge in [-0.3, -0.25) is 0 Å². The molecule has 19 heavy (non-hydrogen) atoms. The van der Waals surface area contributed by atoms with E-state index in [1.807, 2.05) is 42.5 Å². The molecule has 102 valence electrons. The quantitative estimate of drug-likeness (QED) is 0.803. The summed E-state index contributed by atoms with van der Waals surface area (Å²) in [6, 6.07) is 14.0. The molecule has 1 unspecified atom stereocenters. The zero-order chi connectivity index (χ0) is 13.5. The maximum Gasteiger partial charge on any atom is 0.117 e. The average molecular weight is 259 g/mol. The molecule has 0 fully saturated rings. The second-order valence-electron chi connectivity index (χ2n) is 4.70. The standard InChI is InChI=1S/C16H21NO2/c1-2-15-8-9-16(19-15)12-17-11-14(18)10-13-6-4-3-5-7-13/h3-9,14,17-18H,2,10-12H2,1H3. The van der Waals surface area contributed by atoms with Crippen LogP contribution in [0.3, 0.4) is 0 Å². The first-order valence-electron chi connectivity index (χ1n) is 6.78. The summed E-state index contributed by atoms with van der Waals surface area (Å²) in [5.41, 5.74) is 1.16. The molecule has 0 saturated carbocycles. The van der Waals surface area contributed by atoms with Gasteiger partial charge in [-0.2, -0.15) is 0 Å². The van der Waals surface area contributed by atoms with Crippen LogP contribution in [-0.4, -0.2) is 17.8 Å². The molecule has 0 amide bonds. The second-order valence-corrected chi connectivity index (χ2v) is 4.70. The van der Waals surface area contributed by atoms with E-state index >= 15 is 0 Å². The molecule has 0 radical (unpaired) electrons. The Labute approximate surface area is 114 Å². The lowest BCUT2D eigenvalue weighted by Crippen LogP contribution is -2.27. The molecule has 0 aliphatic heterocycles. The van der Waals surface area contributed by atoms with Crippen molar-refractivity contribution in [2.24, 2.45) is 0 Å². The van der Waals surface area contributed by atoms with E-state index in [1.165, 1.54) is 0 Å². The van der Waals surface area contributed by atoms with Gasteiger partial charge >= 0.3 is 0 Å². The molecule has 1 heterocycles. The smallest absolute Gasteiger partial charge is 0.117 e. The summed E-state index contributed by atoms with van der Waals surface area (Å²) in [6.07, 6.45) is 1.21. The van der Waals surface area contributed by atoms with E-state index in [9.17, 15) is 5.11 Å². The zero-order valence-electron chi connectivity index (χ0n) is 11.3. The Hall–Kier alpha value is -1.58. The van der Waals surface area contributed by atoms with Crippen molar-refractivity contribution in [1.82, 2.24) is 5.32 Å². The highest BCUT2D eigenvalue weighted by atomic mass is 16.3. The molecular formula is C16H21NO2. The molecule has 2 N–H and O–H groups in total. The molecule has 1 atom stereocenters. The van der Waals surface area contributed by atoms with E-state index < -0.39 is 0 Å². The molecule has 0 bridgehead atoms. The lowest BCUT2D eigenvalue weighted by Gasteiger charge is -2.11. The molecule has 0 saturated heterocycles. The molecule has 1 aromatic heterocycles. The Morgan fingerprint density at radius 3 is 2.53 bits per heavy atom. The monoisotopic (exact) mass is 259 g/mol. The summed E-state index contributed by atoms with van der Waals surface area (Å²) in [6.45, 7) is 3.29. The van der Waals surface area contributed by atoms with Crippen LogP contribution in [0.5, 0.6) is 0 Å². The third kappa shape index (κ3) is 4.54. The summed E-state index contributed by atoms with van der Waals surface area (Å²) >= 11 is 0. The van der Waals surface area contributed by atoms with Crippen LogP contribution in [0.25, 0.3) is 0 Å². The lowest BCUT2D eigenvalue weighted by molar-refractivity contribution is 0.170. The van der Waals surface area contributed by atoms with Crippen LogP contribution in [0.2, 0.25) is 0 Å². The van der Waals surface area contributed by atoms with Crippen molar-refractivity contribution in [1.29, 1.82) is 0 Å². The first-order chi connectivity index (χ1) is 9.28. The van der Waals surface area contributed by atoms with Crippen molar-refractivity contribution < 1.29 is 9.52 Å². The molecule has 3 heteroatoms. The van der Waals surface area contributed by atoms with Crippen LogP contribution in [0.4, 0.5) is 0 Å². The first-order valence-corrected chi connectivity index (χ1v) is 6.78. The lowest BCUT2D eigenvalue weighted by atomic mass is 10.1. The van der Waals surface area contributed by atoms with Crippen LogP contribution in [0, 0.1) is 0 Å². The largest absolute Gasteiger partial charge is 0.465 e. The fourth-order valence-electron chi connectivity index (χ4n) is 2.03. The number of furan rings is 1.